The molecule has 0 aromatic heterocycles. The van der Waals surface area contributed by atoms with Crippen molar-refractivity contribution in [3.63, 3.8) is 0 Å². The van der Waals surface area contributed by atoms with Crippen LogP contribution in [0.4, 0.5) is 0 Å². The molecule has 0 saturated carbocycles. The van der Waals surface area contributed by atoms with E-state index in [1.54, 1.807) is 25.1 Å². The summed E-state index contributed by atoms with van der Waals surface area (Å²) in [6, 6.07) is 9.88. The lowest BCUT2D eigenvalue weighted by molar-refractivity contribution is 0.197. The minimum atomic E-state index is -3.20. The lowest BCUT2D eigenvalue weighted by Crippen LogP contribution is -2.51. The zero-order valence-electron chi connectivity index (χ0n) is 10.6. The quantitative estimate of drug-likeness (QED) is 0.812. The SMILES string of the molecule is CC(C)(C)S(=O)(=O)N1CCC1c1ccccc1. The van der Waals surface area contributed by atoms with E-state index < -0.39 is 14.8 Å². The van der Waals surface area contributed by atoms with Gasteiger partial charge in [-0.1, -0.05) is 30.3 Å². The van der Waals surface area contributed by atoms with Crippen LogP contribution in [-0.2, 0) is 10.0 Å². The molecule has 94 valence electrons. The third-order valence-electron chi connectivity index (χ3n) is 3.24. The molecule has 4 heteroatoms. The first-order valence-electron chi connectivity index (χ1n) is 5.90. The minimum Gasteiger partial charge on any atom is -0.212 e. The van der Waals surface area contributed by atoms with Crippen LogP contribution in [0.2, 0.25) is 0 Å². The maximum absolute atomic E-state index is 12.3. The molecule has 0 bridgehead atoms. The molecule has 1 aliphatic heterocycles. The second-order valence-corrected chi connectivity index (χ2v) is 8.09. The highest BCUT2D eigenvalue weighted by molar-refractivity contribution is 7.90. The standard InChI is InChI=1S/C13H19NO2S/c1-13(2,3)17(15,16)14-10-9-12(14)11-7-5-4-6-8-11/h4-8,12H,9-10H2,1-3H3. The summed E-state index contributed by atoms with van der Waals surface area (Å²) in [5.41, 5.74) is 1.09. The summed E-state index contributed by atoms with van der Waals surface area (Å²) in [7, 11) is -3.20. The van der Waals surface area contributed by atoms with Crippen LogP contribution in [0.1, 0.15) is 38.8 Å². The Morgan fingerprint density at radius 3 is 2.18 bits per heavy atom. The monoisotopic (exact) mass is 253 g/mol. The van der Waals surface area contributed by atoms with Gasteiger partial charge in [0.2, 0.25) is 10.0 Å². The van der Waals surface area contributed by atoms with E-state index in [-0.39, 0.29) is 6.04 Å². The van der Waals surface area contributed by atoms with Gasteiger partial charge in [0.15, 0.2) is 0 Å². The van der Waals surface area contributed by atoms with Crippen molar-refractivity contribution in [2.24, 2.45) is 0 Å². The molecule has 0 N–H and O–H groups in total. The molecule has 1 atom stereocenters. The minimum absolute atomic E-state index is 0.0282. The topological polar surface area (TPSA) is 37.4 Å². The first-order chi connectivity index (χ1) is 7.84. The van der Waals surface area contributed by atoms with Gasteiger partial charge >= 0.3 is 0 Å². The van der Waals surface area contributed by atoms with Gasteiger partial charge in [-0.3, -0.25) is 0 Å². The summed E-state index contributed by atoms with van der Waals surface area (Å²) in [5, 5.41) is 0. The fourth-order valence-corrected chi connectivity index (χ4v) is 3.62. The molecule has 3 nitrogen and oxygen atoms in total. The van der Waals surface area contributed by atoms with Gasteiger partial charge < -0.3 is 0 Å². The number of nitrogens with zero attached hydrogens (tertiary/aromatic N) is 1. The average Bonchev–Trinajstić information content (AvgIpc) is 2.15. The summed E-state index contributed by atoms with van der Waals surface area (Å²) in [6.07, 6.45) is 0.916. The predicted molar refractivity (Wildman–Crippen MR) is 69.2 cm³/mol. The first kappa shape index (κ1) is 12.6. The summed E-state index contributed by atoms with van der Waals surface area (Å²) in [5.74, 6) is 0. The second kappa shape index (κ2) is 4.10. The molecule has 1 aromatic carbocycles. The number of rotatable bonds is 2. The van der Waals surface area contributed by atoms with Crippen molar-refractivity contribution in [3.8, 4) is 0 Å². The lowest BCUT2D eigenvalue weighted by atomic mass is 9.98. The highest BCUT2D eigenvalue weighted by Crippen LogP contribution is 2.39. The molecule has 1 fully saturated rings. The predicted octanol–water partition coefficient (Wildman–Crippen LogP) is 2.56. The smallest absolute Gasteiger partial charge is 0.212 e. The molecule has 1 aromatic rings. The van der Waals surface area contributed by atoms with E-state index in [1.165, 1.54) is 0 Å². The van der Waals surface area contributed by atoms with Crippen LogP contribution in [0.5, 0.6) is 0 Å². The van der Waals surface area contributed by atoms with Crippen molar-refractivity contribution in [2.45, 2.75) is 38.0 Å². The van der Waals surface area contributed by atoms with Crippen LogP contribution >= 0.6 is 0 Å². The molecular weight excluding hydrogens is 234 g/mol. The molecule has 1 heterocycles. The van der Waals surface area contributed by atoms with Crippen LogP contribution < -0.4 is 0 Å². The van der Waals surface area contributed by atoms with Crippen molar-refractivity contribution in [1.82, 2.24) is 4.31 Å². The number of hydrogen-bond acceptors (Lipinski definition) is 2. The largest absolute Gasteiger partial charge is 0.219 e. The summed E-state index contributed by atoms with van der Waals surface area (Å²) in [6.45, 7) is 5.90. The van der Waals surface area contributed by atoms with Crippen molar-refractivity contribution in [3.05, 3.63) is 35.9 Å². The fourth-order valence-electron chi connectivity index (χ4n) is 2.01. The van der Waals surface area contributed by atoms with E-state index in [2.05, 4.69) is 0 Å². The van der Waals surface area contributed by atoms with Gasteiger partial charge in [0.1, 0.15) is 0 Å². The highest BCUT2D eigenvalue weighted by Gasteiger charge is 2.44. The van der Waals surface area contributed by atoms with Gasteiger partial charge in [0, 0.05) is 6.54 Å². The van der Waals surface area contributed by atoms with Gasteiger partial charge in [-0.25, -0.2) is 8.42 Å². The molecule has 17 heavy (non-hydrogen) atoms. The first-order valence-corrected chi connectivity index (χ1v) is 7.34. The number of sulfonamides is 1. The average molecular weight is 253 g/mol. The summed E-state index contributed by atoms with van der Waals surface area (Å²) < 4.78 is 25.6. The molecule has 0 spiro atoms. The van der Waals surface area contributed by atoms with Crippen LogP contribution in [0.15, 0.2) is 30.3 Å². The number of benzene rings is 1. The van der Waals surface area contributed by atoms with Crippen LogP contribution in [-0.4, -0.2) is 24.0 Å². The van der Waals surface area contributed by atoms with E-state index in [0.29, 0.717) is 6.54 Å². The second-order valence-electron chi connectivity index (χ2n) is 5.44. The maximum atomic E-state index is 12.3. The molecule has 1 unspecified atom stereocenters. The van der Waals surface area contributed by atoms with Gasteiger partial charge in [-0.15, -0.1) is 0 Å². The summed E-state index contributed by atoms with van der Waals surface area (Å²) >= 11 is 0. The van der Waals surface area contributed by atoms with Crippen molar-refractivity contribution < 1.29 is 8.42 Å². The molecule has 0 radical (unpaired) electrons. The van der Waals surface area contributed by atoms with Gasteiger partial charge in [-0.05, 0) is 32.8 Å². The Morgan fingerprint density at radius 2 is 1.76 bits per heavy atom. The van der Waals surface area contributed by atoms with E-state index in [1.807, 2.05) is 30.3 Å². The molecule has 1 aliphatic rings. The Labute approximate surface area is 104 Å². The van der Waals surface area contributed by atoms with Gasteiger partial charge in [0.05, 0.1) is 10.8 Å². The zero-order valence-corrected chi connectivity index (χ0v) is 11.4. The van der Waals surface area contributed by atoms with E-state index in [9.17, 15) is 8.42 Å². The molecule has 0 amide bonds. The molecule has 0 aliphatic carbocycles. The molecule has 2 rings (SSSR count). The lowest BCUT2D eigenvalue weighted by Gasteiger charge is -2.43. The third-order valence-corrected chi connectivity index (χ3v) is 5.84. The Hall–Kier alpha value is -0.870. The Kier molecular flexibility index (Phi) is 3.04. The van der Waals surface area contributed by atoms with Crippen molar-refractivity contribution in [2.75, 3.05) is 6.54 Å². The van der Waals surface area contributed by atoms with Crippen LogP contribution in [0.3, 0.4) is 0 Å². The Bertz CT molecular complexity index is 488. The fraction of sp³-hybridized carbons (Fsp3) is 0.538. The van der Waals surface area contributed by atoms with E-state index in [4.69, 9.17) is 0 Å². The van der Waals surface area contributed by atoms with Gasteiger partial charge in [0.25, 0.3) is 0 Å². The normalized spacial score (nSPS) is 22.2. The Morgan fingerprint density at radius 1 is 1.18 bits per heavy atom. The highest BCUT2D eigenvalue weighted by atomic mass is 32.2. The summed E-state index contributed by atoms with van der Waals surface area (Å²) in [4.78, 5) is 0. The van der Waals surface area contributed by atoms with Gasteiger partial charge in [-0.2, -0.15) is 4.31 Å². The van der Waals surface area contributed by atoms with Crippen LogP contribution in [0, 0.1) is 0 Å². The van der Waals surface area contributed by atoms with E-state index >= 15 is 0 Å². The third kappa shape index (κ3) is 2.11. The van der Waals surface area contributed by atoms with Crippen LogP contribution in [0.25, 0.3) is 0 Å². The molecular formula is C13H19NO2S. The van der Waals surface area contributed by atoms with Crippen molar-refractivity contribution in [1.29, 1.82) is 0 Å². The zero-order chi connectivity index (χ0) is 12.7. The van der Waals surface area contributed by atoms with Crippen molar-refractivity contribution >= 4 is 10.0 Å². The maximum Gasteiger partial charge on any atom is 0.219 e. The number of hydrogen-bond donors (Lipinski definition) is 0. The molecule has 1 saturated heterocycles. The Balaban J connectivity index is 2.27. The van der Waals surface area contributed by atoms with E-state index in [0.717, 1.165) is 12.0 Å².